The average Bonchev–Trinajstić information content (AvgIpc) is 2.18. The summed E-state index contributed by atoms with van der Waals surface area (Å²) in [7, 11) is 0. The van der Waals surface area contributed by atoms with E-state index in [1.807, 2.05) is 0 Å². The Kier molecular flexibility index (Phi) is 6.90. The van der Waals surface area contributed by atoms with E-state index in [-0.39, 0.29) is 5.60 Å². The van der Waals surface area contributed by atoms with Crippen LogP contribution in [0.25, 0.3) is 0 Å². The van der Waals surface area contributed by atoms with Crippen molar-refractivity contribution in [1.82, 2.24) is 0 Å². The first-order valence-corrected chi connectivity index (χ1v) is 5.69. The van der Waals surface area contributed by atoms with Gasteiger partial charge < -0.3 is 0 Å². The van der Waals surface area contributed by atoms with Crippen molar-refractivity contribution in [3.8, 4) is 0 Å². The van der Waals surface area contributed by atoms with Crippen molar-refractivity contribution in [3.05, 3.63) is 5.92 Å². The molecule has 0 rings (SSSR count). The van der Waals surface area contributed by atoms with Gasteiger partial charge in [0.2, 0.25) is 0 Å². The Morgan fingerprint density at radius 3 is 1.85 bits per heavy atom. The van der Waals surface area contributed by atoms with Crippen molar-refractivity contribution in [2.75, 3.05) is 0 Å². The van der Waals surface area contributed by atoms with Gasteiger partial charge in [0.05, 0.1) is 0 Å². The summed E-state index contributed by atoms with van der Waals surface area (Å²) < 4.78 is 5.64. The van der Waals surface area contributed by atoms with Crippen molar-refractivity contribution in [2.45, 2.75) is 59.0 Å². The normalized spacial score (nSPS) is 12.2. The summed E-state index contributed by atoms with van der Waals surface area (Å²) in [6, 6.07) is 0. The molecule has 0 bridgehead atoms. The van der Waals surface area contributed by atoms with Crippen LogP contribution in [0, 0.1) is 5.92 Å². The van der Waals surface area contributed by atoms with Crippen LogP contribution < -0.4 is 0 Å². The summed E-state index contributed by atoms with van der Waals surface area (Å²) in [5.74, 6) is 1.48. The fourth-order valence-corrected chi connectivity index (χ4v) is 2.19. The van der Waals surface area contributed by atoms with E-state index in [2.05, 4.69) is 42.7 Å². The first-order chi connectivity index (χ1) is 6.20. The van der Waals surface area contributed by atoms with Gasteiger partial charge in [0.1, 0.15) is 0 Å². The number of hydrogen-bond acceptors (Lipinski definition) is 1. The fraction of sp³-hybridized carbons (Fsp3) is 0.818. The zero-order valence-corrected chi connectivity index (χ0v) is 10.1. The fourth-order valence-electron chi connectivity index (χ4n) is 1.97. The molecule has 0 saturated carbocycles. The van der Waals surface area contributed by atoms with Crippen LogP contribution in [-0.4, -0.2) is 10.8 Å². The summed E-state index contributed by atoms with van der Waals surface area (Å²) in [6.45, 7) is 8.71. The standard InChI is InChI=1S/C11H21O.Ni/c1-6-10(7-2)11(8-3,9-4)12-5;/h5H,6-9H2,1-4H3;/q-1;. The van der Waals surface area contributed by atoms with Crippen LogP contribution in [0.15, 0.2) is 0 Å². The molecule has 82 valence electrons. The van der Waals surface area contributed by atoms with E-state index < -0.39 is 0 Å². The van der Waals surface area contributed by atoms with Crippen LogP contribution in [0.5, 0.6) is 0 Å². The zero-order valence-electron chi connectivity index (χ0n) is 9.13. The summed E-state index contributed by atoms with van der Waals surface area (Å²) in [5, 5.41) is 1.46. The number of rotatable bonds is 7. The third kappa shape index (κ3) is 3.18. The van der Waals surface area contributed by atoms with Crippen molar-refractivity contribution < 1.29 is 19.8 Å². The van der Waals surface area contributed by atoms with Crippen LogP contribution in [0.1, 0.15) is 53.4 Å². The molecule has 0 aliphatic heterocycles. The zero-order chi connectivity index (χ0) is 10.3. The Labute approximate surface area is 90.2 Å². The summed E-state index contributed by atoms with van der Waals surface area (Å²) in [4.78, 5) is 0. The van der Waals surface area contributed by atoms with E-state index in [0.717, 1.165) is 25.7 Å². The van der Waals surface area contributed by atoms with Crippen LogP contribution in [0.3, 0.4) is 0 Å². The van der Waals surface area contributed by atoms with Gasteiger partial charge in [-0.2, -0.15) is 0 Å². The quantitative estimate of drug-likeness (QED) is 0.480. The predicted molar refractivity (Wildman–Crippen MR) is 54.3 cm³/mol. The maximum absolute atomic E-state index is 5.64. The second-order valence-corrected chi connectivity index (χ2v) is 3.44. The molecule has 0 aliphatic carbocycles. The Balaban J connectivity index is 4.59. The summed E-state index contributed by atoms with van der Waals surface area (Å²) in [5.41, 5.74) is -0.0816. The van der Waals surface area contributed by atoms with Crippen molar-refractivity contribution >= 4 is 5.18 Å². The van der Waals surface area contributed by atoms with Crippen molar-refractivity contribution in [2.24, 2.45) is 0 Å². The second-order valence-electron chi connectivity index (χ2n) is 3.20. The van der Waals surface area contributed by atoms with Crippen LogP contribution >= 0.6 is 0 Å². The Hall–Kier alpha value is 0.324. The van der Waals surface area contributed by atoms with E-state index in [4.69, 9.17) is 4.74 Å². The molecule has 0 saturated heterocycles. The Morgan fingerprint density at radius 1 is 1.15 bits per heavy atom. The first kappa shape index (κ1) is 13.3. The maximum atomic E-state index is 5.64. The van der Waals surface area contributed by atoms with Gasteiger partial charge >= 0.3 is 89.8 Å². The van der Waals surface area contributed by atoms with E-state index >= 15 is 0 Å². The predicted octanol–water partition coefficient (Wildman–Crippen LogP) is 3.26. The SMILES string of the molecule is CC[C-](CC)C(CC)(CC)O[CH]=[Ni]. The average molecular weight is 228 g/mol. The van der Waals surface area contributed by atoms with Crippen LogP contribution in [-0.2, 0) is 19.8 Å². The molecule has 0 N–H and O–H groups in total. The van der Waals surface area contributed by atoms with Gasteiger partial charge in [0.15, 0.2) is 0 Å². The minimum absolute atomic E-state index is 0.0816. The Bertz CT molecular complexity index is 137. The minimum atomic E-state index is -0.0816. The van der Waals surface area contributed by atoms with Crippen molar-refractivity contribution in [3.63, 3.8) is 0 Å². The van der Waals surface area contributed by atoms with Gasteiger partial charge in [-0.25, -0.2) is 0 Å². The Morgan fingerprint density at radius 2 is 1.62 bits per heavy atom. The molecule has 0 aromatic carbocycles. The molecule has 0 amide bonds. The molecular formula is C11H21NiO-. The van der Waals surface area contributed by atoms with Crippen LogP contribution in [0.2, 0.25) is 0 Å². The van der Waals surface area contributed by atoms with Gasteiger partial charge in [-0.3, -0.25) is 0 Å². The van der Waals surface area contributed by atoms with Gasteiger partial charge in [-0.15, -0.1) is 0 Å². The molecule has 13 heavy (non-hydrogen) atoms. The van der Waals surface area contributed by atoms with Gasteiger partial charge in [0, 0.05) is 0 Å². The molecule has 0 atom stereocenters. The number of ether oxygens (including phenoxy) is 1. The van der Waals surface area contributed by atoms with Gasteiger partial charge in [0.25, 0.3) is 0 Å². The molecule has 0 aromatic rings. The summed E-state index contributed by atoms with van der Waals surface area (Å²) in [6.07, 6.45) is 4.21. The summed E-state index contributed by atoms with van der Waals surface area (Å²) >= 11 is 4.50. The third-order valence-electron chi connectivity index (χ3n) is 2.90. The van der Waals surface area contributed by atoms with E-state index in [0.29, 0.717) is 0 Å². The molecule has 0 unspecified atom stereocenters. The molecular weight excluding hydrogens is 207 g/mol. The second kappa shape index (κ2) is 6.73. The van der Waals surface area contributed by atoms with Crippen LogP contribution in [0.4, 0.5) is 0 Å². The third-order valence-corrected chi connectivity index (χ3v) is 3.02. The topological polar surface area (TPSA) is 9.23 Å². The van der Waals surface area contributed by atoms with E-state index in [9.17, 15) is 0 Å². The van der Waals surface area contributed by atoms with Gasteiger partial charge in [-0.1, -0.05) is 0 Å². The number of hydrogen-bond donors (Lipinski definition) is 0. The first-order valence-electron chi connectivity index (χ1n) is 5.12. The monoisotopic (exact) mass is 227 g/mol. The van der Waals surface area contributed by atoms with Gasteiger partial charge in [-0.05, 0) is 0 Å². The van der Waals surface area contributed by atoms with Crippen molar-refractivity contribution in [1.29, 1.82) is 0 Å². The molecule has 2 heteroatoms. The van der Waals surface area contributed by atoms with E-state index in [1.54, 1.807) is 0 Å². The van der Waals surface area contributed by atoms with E-state index in [1.165, 1.54) is 11.1 Å². The molecule has 0 aliphatic rings. The molecule has 0 fully saturated rings. The molecule has 0 spiro atoms. The molecule has 0 radical (unpaired) electrons. The molecule has 0 aromatic heterocycles. The molecule has 1 nitrogen and oxygen atoms in total. The molecule has 0 heterocycles.